The van der Waals surface area contributed by atoms with Gasteiger partial charge in [-0.15, -0.1) is 0 Å². The number of hydrogen-bond acceptors (Lipinski definition) is 4. The SMILES string of the molecule is Cc1cccc(COc2cccc(C(=O)N(C)C3CCS(=O)(=O)C3)c2)c1. The second-order valence-corrected chi connectivity index (χ2v) is 9.01. The first kappa shape index (κ1) is 18.5. The third-order valence-corrected chi connectivity index (χ3v) is 6.40. The van der Waals surface area contributed by atoms with Gasteiger partial charge in [0.1, 0.15) is 12.4 Å². The van der Waals surface area contributed by atoms with Crippen LogP contribution in [-0.2, 0) is 16.4 Å². The number of amides is 1. The van der Waals surface area contributed by atoms with Crippen molar-refractivity contribution in [1.82, 2.24) is 4.90 Å². The molecule has 1 aliphatic heterocycles. The van der Waals surface area contributed by atoms with Crippen LogP contribution in [0.25, 0.3) is 0 Å². The minimum Gasteiger partial charge on any atom is -0.489 e. The average molecular weight is 373 g/mol. The minimum absolute atomic E-state index is 0.0405. The van der Waals surface area contributed by atoms with Crippen LogP contribution in [0.4, 0.5) is 0 Å². The molecule has 0 bridgehead atoms. The van der Waals surface area contributed by atoms with E-state index in [1.54, 1.807) is 25.2 Å². The predicted octanol–water partition coefficient (Wildman–Crippen LogP) is 2.83. The van der Waals surface area contributed by atoms with Crippen LogP contribution in [0.3, 0.4) is 0 Å². The van der Waals surface area contributed by atoms with E-state index in [4.69, 9.17) is 4.74 Å². The Morgan fingerprint density at radius 2 is 1.96 bits per heavy atom. The molecule has 0 aromatic heterocycles. The maximum Gasteiger partial charge on any atom is 0.254 e. The van der Waals surface area contributed by atoms with Gasteiger partial charge in [0, 0.05) is 18.7 Å². The Kier molecular flexibility index (Phi) is 5.32. The summed E-state index contributed by atoms with van der Waals surface area (Å²) in [6.45, 7) is 2.46. The maximum atomic E-state index is 12.7. The van der Waals surface area contributed by atoms with Crippen molar-refractivity contribution in [3.8, 4) is 5.75 Å². The zero-order valence-corrected chi connectivity index (χ0v) is 15.8. The van der Waals surface area contributed by atoms with Gasteiger partial charge in [-0.1, -0.05) is 35.9 Å². The number of carbonyl (C=O) groups is 1. The van der Waals surface area contributed by atoms with Crippen molar-refractivity contribution in [3.05, 3.63) is 65.2 Å². The number of nitrogens with zero attached hydrogens (tertiary/aromatic N) is 1. The van der Waals surface area contributed by atoms with E-state index in [-0.39, 0.29) is 23.5 Å². The Hall–Kier alpha value is -2.34. The van der Waals surface area contributed by atoms with Gasteiger partial charge in [-0.05, 0) is 37.1 Å². The van der Waals surface area contributed by atoms with Gasteiger partial charge in [-0.2, -0.15) is 0 Å². The van der Waals surface area contributed by atoms with Crippen LogP contribution in [0.1, 0.15) is 27.9 Å². The summed E-state index contributed by atoms with van der Waals surface area (Å²) < 4.78 is 29.1. The van der Waals surface area contributed by atoms with Crippen molar-refractivity contribution in [2.24, 2.45) is 0 Å². The lowest BCUT2D eigenvalue weighted by Gasteiger charge is -2.23. The van der Waals surface area contributed by atoms with Gasteiger partial charge in [0.15, 0.2) is 9.84 Å². The van der Waals surface area contributed by atoms with Crippen LogP contribution >= 0.6 is 0 Å². The summed E-state index contributed by atoms with van der Waals surface area (Å²) in [6, 6.07) is 14.8. The van der Waals surface area contributed by atoms with Crippen LogP contribution in [0.2, 0.25) is 0 Å². The predicted molar refractivity (Wildman–Crippen MR) is 101 cm³/mol. The van der Waals surface area contributed by atoms with E-state index >= 15 is 0 Å². The number of carbonyl (C=O) groups excluding carboxylic acids is 1. The van der Waals surface area contributed by atoms with Crippen molar-refractivity contribution < 1.29 is 17.9 Å². The molecule has 1 atom stereocenters. The van der Waals surface area contributed by atoms with E-state index in [1.165, 1.54) is 10.5 Å². The highest BCUT2D eigenvalue weighted by molar-refractivity contribution is 7.91. The molecular formula is C20H23NO4S. The van der Waals surface area contributed by atoms with Gasteiger partial charge < -0.3 is 9.64 Å². The van der Waals surface area contributed by atoms with Crippen LogP contribution < -0.4 is 4.74 Å². The highest BCUT2D eigenvalue weighted by atomic mass is 32.2. The Morgan fingerprint density at radius 1 is 1.19 bits per heavy atom. The first-order valence-electron chi connectivity index (χ1n) is 8.60. The van der Waals surface area contributed by atoms with Crippen molar-refractivity contribution in [1.29, 1.82) is 0 Å². The zero-order chi connectivity index (χ0) is 18.7. The van der Waals surface area contributed by atoms with Gasteiger partial charge in [0.05, 0.1) is 11.5 Å². The second-order valence-electron chi connectivity index (χ2n) is 6.78. The molecule has 3 rings (SSSR count). The largest absolute Gasteiger partial charge is 0.489 e. The zero-order valence-electron chi connectivity index (χ0n) is 15.0. The summed E-state index contributed by atoms with van der Waals surface area (Å²) in [4.78, 5) is 14.2. The van der Waals surface area contributed by atoms with Gasteiger partial charge in [-0.3, -0.25) is 4.79 Å². The summed E-state index contributed by atoms with van der Waals surface area (Å²) in [5.74, 6) is 0.617. The number of ether oxygens (including phenoxy) is 1. The molecule has 1 heterocycles. The standard InChI is InChI=1S/C20H23NO4S/c1-15-5-3-6-16(11-15)13-25-19-8-4-7-17(12-19)20(22)21(2)18-9-10-26(23,24)14-18/h3-8,11-12,18H,9-10,13-14H2,1-2H3. The second kappa shape index (κ2) is 7.50. The Balaban J connectivity index is 1.67. The van der Waals surface area contributed by atoms with E-state index in [0.717, 1.165) is 5.56 Å². The lowest BCUT2D eigenvalue weighted by Crippen LogP contribution is -2.37. The number of hydrogen-bond donors (Lipinski definition) is 0. The monoisotopic (exact) mass is 373 g/mol. The Labute approximate surface area is 154 Å². The van der Waals surface area contributed by atoms with Crippen molar-refractivity contribution in [2.75, 3.05) is 18.6 Å². The van der Waals surface area contributed by atoms with E-state index in [0.29, 0.717) is 24.3 Å². The van der Waals surface area contributed by atoms with E-state index < -0.39 is 9.84 Å². The van der Waals surface area contributed by atoms with E-state index in [9.17, 15) is 13.2 Å². The molecule has 138 valence electrons. The lowest BCUT2D eigenvalue weighted by atomic mass is 10.1. The molecule has 1 fully saturated rings. The lowest BCUT2D eigenvalue weighted by molar-refractivity contribution is 0.0747. The third-order valence-electron chi connectivity index (χ3n) is 4.65. The fraction of sp³-hybridized carbons (Fsp3) is 0.350. The number of sulfone groups is 1. The fourth-order valence-corrected chi connectivity index (χ4v) is 4.91. The fourth-order valence-electron chi connectivity index (χ4n) is 3.14. The van der Waals surface area contributed by atoms with Crippen molar-refractivity contribution in [2.45, 2.75) is 26.0 Å². The van der Waals surface area contributed by atoms with Crippen LogP contribution in [0.5, 0.6) is 5.75 Å². The summed E-state index contributed by atoms with van der Waals surface area (Å²) in [5, 5.41) is 0. The minimum atomic E-state index is -3.03. The van der Waals surface area contributed by atoms with Gasteiger partial charge in [0.25, 0.3) is 5.91 Å². The quantitative estimate of drug-likeness (QED) is 0.808. The molecule has 6 heteroatoms. The van der Waals surface area contributed by atoms with Gasteiger partial charge in [-0.25, -0.2) is 8.42 Å². The number of benzene rings is 2. The average Bonchev–Trinajstić information content (AvgIpc) is 2.99. The first-order chi connectivity index (χ1) is 12.3. The summed E-state index contributed by atoms with van der Waals surface area (Å²) in [5.41, 5.74) is 2.73. The molecule has 1 saturated heterocycles. The third kappa shape index (κ3) is 4.43. The molecule has 1 unspecified atom stereocenters. The van der Waals surface area contributed by atoms with E-state index in [2.05, 4.69) is 6.07 Å². The van der Waals surface area contributed by atoms with Gasteiger partial charge in [0.2, 0.25) is 0 Å². The van der Waals surface area contributed by atoms with Crippen LogP contribution in [0, 0.1) is 6.92 Å². The summed E-state index contributed by atoms with van der Waals surface area (Å²) >= 11 is 0. The van der Waals surface area contributed by atoms with Crippen molar-refractivity contribution >= 4 is 15.7 Å². The summed E-state index contributed by atoms with van der Waals surface area (Å²) in [6.07, 6.45) is 0.494. The molecule has 0 saturated carbocycles. The highest BCUT2D eigenvalue weighted by Gasteiger charge is 2.33. The molecule has 26 heavy (non-hydrogen) atoms. The Bertz CT molecular complexity index is 908. The molecular weight excluding hydrogens is 350 g/mol. The first-order valence-corrected chi connectivity index (χ1v) is 10.4. The topological polar surface area (TPSA) is 63.7 Å². The highest BCUT2D eigenvalue weighted by Crippen LogP contribution is 2.21. The molecule has 2 aromatic rings. The smallest absolute Gasteiger partial charge is 0.254 e. The molecule has 0 spiro atoms. The molecule has 5 nitrogen and oxygen atoms in total. The Morgan fingerprint density at radius 3 is 2.65 bits per heavy atom. The van der Waals surface area contributed by atoms with Crippen LogP contribution in [-0.4, -0.2) is 43.8 Å². The molecule has 0 aliphatic carbocycles. The number of aryl methyl sites for hydroxylation is 1. The maximum absolute atomic E-state index is 12.7. The molecule has 2 aromatic carbocycles. The van der Waals surface area contributed by atoms with Crippen molar-refractivity contribution in [3.63, 3.8) is 0 Å². The van der Waals surface area contributed by atoms with Crippen LogP contribution in [0.15, 0.2) is 48.5 Å². The normalized spacial score (nSPS) is 18.5. The molecule has 0 N–H and O–H groups in total. The molecule has 1 amide bonds. The number of rotatable bonds is 5. The van der Waals surface area contributed by atoms with E-state index in [1.807, 2.05) is 31.2 Å². The molecule has 0 radical (unpaired) electrons. The van der Waals surface area contributed by atoms with Gasteiger partial charge >= 0.3 is 0 Å². The summed E-state index contributed by atoms with van der Waals surface area (Å²) in [7, 11) is -1.36. The molecule has 1 aliphatic rings.